The van der Waals surface area contributed by atoms with E-state index in [2.05, 4.69) is 21.8 Å². The molecule has 0 aliphatic heterocycles. The lowest BCUT2D eigenvalue weighted by atomic mass is 10.1. The van der Waals surface area contributed by atoms with E-state index in [9.17, 15) is 18.5 Å². The molecule has 0 spiro atoms. The number of anilines is 1. The number of ether oxygens (including phenoxy) is 1. The van der Waals surface area contributed by atoms with Gasteiger partial charge in [-0.3, -0.25) is 9.52 Å². The summed E-state index contributed by atoms with van der Waals surface area (Å²) in [6.07, 6.45) is 1.54. The number of amides is 1. The number of carbonyl (C=O) groups is 1. The quantitative estimate of drug-likeness (QED) is 0.333. The second-order valence-corrected chi connectivity index (χ2v) is 10.3. The van der Waals surface area contributed by atoms with Gasteiger partial charge in [-0.25, -0.2) is 8.42 Å². The van der Waals surface area contributed by atoms with Gasteiger partial charge in [0, 0.05) is 37.3 Å². The number of H-pyrrole nitrogens is 1. The van der Waals surface area contributed by atoms with E-state index in [-0.39, 0.29) is 22.9 Å². The fourth-order valence-corrected chi connectivity index (χ4v) is 5.25. The van der Waals surface area contributed by atoms with Crippen molar-refractivity contribution in [1.29, 1.82) is 10.5 Å². The molecule has 0 atom stereocenters. The minimum absolute atomic E-state index is 0.0748. The highest BCUT2D eigenvalue weighted by Crippen LogP contribution is 2.30. The number of methoxy groups -OCH3 is 1. The van der Waals surface area contributed by atoms with Gasteiger partial charge in [-0.05, 0) is 54.4 Å². The van der Waals surface area contributed by atoms with Crippen LogP contribution in [0, 0.1) is 29.6 Å². The number of rotatable bonds is 9. The molecule has 38 heavy (non-hydrogen) atoms. The molecular formula is C28H25N5O4S. The van der Waals surface area contributed by atoms with Crippen LogP contribution in [0.2, 0.25) is 0 Å². The van der Waals surface area contributed by atoms with E-state index in [1.807, 2.05) is 6.92 Å². The lowest BCUT2D eigenvalue weighted by molar-refractivity contribution is 0.0680. The van der Waals surface area contributed by atoms with Crippen molar-refractivity contribution >= 4 is 32.5 Å². The average Bonchev–Trinajstić information content (AvgIpc) is 3.38. The number of fused-ring (bicyclic) bond motifs is 1. The summed E-state index contributed by atoms with van der Waals surface area (Å²) in [7, 11) is -2.52. The summed E-state index contributed by atoms with van der Waals surface area (Å²) in [6.45, 7) is 2.70. The topological polar surface area (TPSA) is 139 Å². The van der Waals surface area contributed by atoms with Crippen LogP contribution >= 0.6 is 0 Å². The fourth-order valence-electron chi connectivity index (χ4n) is 4.14. The van der Waals surface area contributed by atoms with Gasteiger partial charge in [-0.1, -0.05) is 24.3 Å². The maximum Gasteiger partial charge on any atom is 0.261 e. The number of hydrogen-bond donors (Lipinski definition) is 2. The molecular weight excluding hydrogens is 502 g/mol. The van der Waals surface area contributed by atoms with E-state index in [0.717, 1.165) is 11.1 Å². The van der Waals surface area contributed by atoms with Crippen molar-refractivity contribution in [2.75, 3.05) is 25.0 Å². The minimum atomic E-state index is -4.06. The highest BCUT2D eigenvalue weighted by Gasteiger charge is 2.22. The van der Waals surface area contributed by atoms with Gasteiger partial charge in [-0.15, -0.1) is 0 Å². The number of nitriles is 2. The third kappa shape index (κ3) is 5.52. The molecule has 192 valence electrons. The first kappa shape index (κ1) is 26.4. The number of nitrogens with zero attached hydrogens (tertiary/aromatic N) is 3. The molecule has 1 amide bonds. The summed E-state index contributed by atoms with van der Waals surface area (Å²) < 4.78 is 34.4. The first-order valence-corrected chi connectivity index (χ1v) is 13.2. The minimum Gasteiger partial charge on any atom is -0.383 e. The van der Waals surface area contributed by atoms with Crippen molar-refractivity contribution in [2.24, 2.45) is 0 Å². The smallest absolute Gasteiger partial charge is 0.261 e. The molecule has 0 saturated carbocycles. The summed E-state index contributed by atoms with van der Waals surface area (Å²) >= 11 is 0. The van der Waals surface area contributed by atoms with Gasteiger partial charge in [-0.2, -0.15) is 10.5 Å². The Kier molecular flexibility index (Phi) is 7.77. The Balaban J connectivity index is 1.62. The first-order chi connectivity index (χ1) is 18.3. The number of benzene rings is 3. The standard InChI is InChI=1S/C28H25N5O4S/c1-19-6-11-25(27-26(19)23(16-30)17-31-27)32-38(35,36)24-5-3-4-22(14-24)28(34)33(12-13-37-2)18-21-9-7-20(15-29)8-10-21/h3-11,14,17,31-32H,12-13,18H2,1-2H3. The predicted molar refractivity (Wildman–Crippen MR) is 143 cm³/mol. The van der Waals surface area contributed by atoms with Crippen LogP contribution in [0.5, 0.6) is 0 Å². The van der Waals surface area contributed by atoms with Crippen LogP contribution in [0.4, 0.5) is 5.69 Å². The molecule has 3 aromatic carbocycles. The summed E-state index contributed by atoms with van der Waals surface area (Å²) in [5.41, 5.74) is 3.61. The monoisotopic (exact) mass is 527 g/mol. The molecule has 9 nitrogen and oxygen atoms in total. The average molecular weight is 528 g/mol. The molecule has 0 bridgehead atoms. The molecule has 1 aromatic heterocycles. The van der Waals surface area contributed by atoms with Gasteiger partial charge in [0.2, 0.25) is 0 Å². The first-order valence-electron chi connectivity index (χ1n) is 11.7. The molecule has 0 fully saturated rings. The molecule has 1 heterocycles. The maximum atomic E-state index is 13.4. The van der Waals surface area contributed by atoms with Crippen molar-refractivity contribution in [3.63, 3.8) is 0 Å². The summed E-state index contributed by atoms with van der Waals surface area (Å²) in [4.78, 5) is 17.9. The van der Waals surface area contributed by atoms with Crippen molar-refractivity contribution < 1.29 is 17.9 Å². The van der Waals surface area contributed by atoms with Gasteiger partial charge in [0.1, 0.15) is 6.07 Å². The molecule has 0 unspecified atom stereocenters. The lowest BCUT2D eigenvalue weighted by Crippen LogP contribution is -2.33. The Labute approximate surface area is 220 Å². The van der Waals surface area contributed by atoms with Crippen LogP contribution in [0.3, 0.4) is 0 Å². The molecule has 0 aliphatic rings. The van der Waals surface area contributed by atoms with Crippen molar-refractivity contribution in [1.82, 2.24) is 9.88 Å². The highest BCUT2D eigenvalue weighted by atomic mass is 32.2. The largest absolute Gasteiger partial charge is 0.383 e. The van der Waals surface area contributed by atoms with E-state index >= 15 is 0 Å². The third-order valence-corrected chi connectivity index (χ3v) is 7.47. The van der Waals surface area contributed by atoms with Gasteiger partial charge >= 0.3 is 0 Å². The number of nitrogens with one attached hydrogen (secondary N) is 2. The Morgan fingerprint density at radius 2 is 1.84 bits per heavy atom. The second kappa shape index (κ2) is 11.2. The summed E-state index contributed by atoms with van der Waals surface area (Å²) in [6, 6.07) is 20.3. The third-order valence-electron chi connectivity index (χ3n) is 6.11. The second-order valence-electron chi connectivity index (χ2n) is 8.66. The number of sulfonamides is 1. The van der Waals surface area contributed by atoms with E-state index < -0.39 is 10.0 Å². The summed E-state index contributed by atoms with van der Waals surface area (Å²) in [5.74, 6) is -0.357. The van der Waals surface area contributed by atoms with Crippen LogP contribution in [0.25, 0.3) is 10.9 Å². The SMILES string of the molecule is COCCN(Cc1ccc(C#N)cc1)C(=O)c1cccc(S(=O)(=O)Nc2ccc(C)c3c(C#N)c[nH]c23)c1. The zero-order valence-corrected chi connectivity index (χ0v) is 21.7. The number of hydrogen-bond acceptors (Lipinski definition) is 6. The zero-order valence-electron chi connectivity index (χ0n) is 20.9. The number of aromatic nitrogens is 1. The Morgan fingerprint density at radius 1 is 1.08 bits per heavy atom. The van der Waals surface area contributed by atoms with Crippen LogP contribution in [-0.2, 0) is 21.3 Å². The van der Waals surface area contributed by atoms with E-state index in [1.165, 1.54) is 31.5 Å². The van der Waals surface area contributed by atoms with Crippen molar-refractivity contribution in [3.8, 4) is 12.1 Å². The lowest BCUT2D eigenvalue weighted by Gasteiger charge is -2.23. The van der Waals surface area contributed by atoms with Crippen molar-refractivity contribution in [2.45, 2.75) is 18.4 Å². The molecule has 4 aromatic rings. The van der Waals surface area contributed by atoms with E-state index in [1.54, 1.807) is 47.4 Å². The zero-order chi connectivity index (χ0) is 27.3. The summed E-state index contributed by atoms with van der Waals surface area (Å²) in [5, 5.41) is 19.1. The molecule has 4 rings (SSSR count). The van der Waals surface area contributed by atoms with Gasteiger partial charge in [0.05, 0.1) is 39.9 Å². The van der Waals surface area contributed by atoms with Crippen LogP contribution < -0.4 is 4.72 Å². The number of aryl methyl sites for hydroxylation is 1. The van der Waals surface area contributed by atoms with Crippen LogP contribution in [-0.4, -0.2) is 44.5 Å². The molecule has 2 N–H and O–H groups in total. The Morgan fingerprint density at radius 3 is 2.53 bits per heavy atom. The van der Waals surface area contributed by atoms with Crippen LogP contribution in [0.15, 0.2) is 71.8 Å². The molecule has 0 radical (unpaired) electrons. The molecule has 0 saturated heterocycles. The highest BCUT2D eigenvalue weighted by molar-refractivity contribution is 7.92. The van der Waals surface area contributed by atoms with E-state index in [0.29, 0.717) is 40.9 Å². The van der Waals surface area contributed by atoms with Crippen LogP contribution in [0.1, 0.15) is 32.6 Å². The Bertz CT molecular complexity index is 1680. The maximum absolute atomic E-state index is 13.4. The van der Waals surface area contributed by atoms with Gasteiger partial charge < -0.3 is 14.6 Å². The normalized spacial score (nSPS) is 11.1. The van der Waals surface area contributed by atoms with Crippen molar-refractivity contribution in [3.05, 3.63) is 94.7 Å². The predicted octanol–water partition coefficient (Wildman–Crippen LogP) is 4.31. The Hall–Kier alpha value is -4.64. The fraction of sp³-hybridized carbons (Fsp3) is 0.179. The molecule has 10 heteroatoms. The number of carbonyl (C=O) groups excluding carboxylic acids is 1. The van der Waals surface area contributed by atoms with Gasteiger partial charge in [0.25, 0.3) is 15.9 Å². The number of aromatic amines is 1. The van der Waals surface area contributed by atoms with Gasteiger partial charge in [0.15, 0.2) is 0 Å². The molecule has 0 aliphatic carbocycles. The van der Waals surface area contributed by atoms with E-state index in [4.69, 9.17) is 10.00 Å².